The Morgan fingerprint density at radius 1 is 0.543 bits per heavy atom. The molecule has 0 saturated carbocycles. The van der Waals surface area contributed by atoms with Crippen LogP contribution in [0.3, 0.4) is 0 Å². The number of imidazole rings is 1. The van der Waals surface area contributed by atoms with Crippen LogP contribution in [-0.2, 0) is 42.7 Å². The van der Waals surface area contributed by atoms with E-state index in [1.807, 2.05) is 45.0 Å². The van der Waals surface area contributed by atoms with E-state index in [0.29, 0.717) is 57.0 Å². The van der Waals surface area contributed by atoms with Gasteiger partial charge in [0.25, 0.3) is 0 Å². The average Bonchev–Trinajstić information content (AvgIpc) is 1.26. The van der Waals surface area contributed by atoms with Gasteiger partial charge in [0.2, 0.25) is 0 Å². The second-order valence-corrected chi connectivity index (χ2v) is 18.0. The second kappa shape index (κ2) is 19.1. The third-order valence-electron chi connectivity index (χ3n) is 12.8. The Morgan fingerprint density at radius 2 is 1.16 bits per heavy atom. The van der Waals surface area contributed by atoms with Gasteiger partial charge in [-0.1, -0.05) is 214 Å². The number of phenols is 1. The first-order valence-corrected chi connectivity index (χ1v) is 22.3. The molecule has 4 nitrogen and oxygen atoms in total. The third kappa shape index (κ3) is 9.86. The minimum absolute atomic E-state index is 0. The third-order valence-corrected chi connectivity index (χ3v) is 12.8. The molecule has 9 rings (SSSR count). The summed E-state index contributed by atoms with van der Waals surface area (Å²) in [5.74, 6) is -1.95. The number of hydrogen-bond donors (Lipinski definition) is 1. The van der Waals surface area contributed by atoms with Crippen molar-refractivity contribution in [1.82, 2.24) is 14.5 Å². The predicted octanol–water partition coefficient (Wildman–Crippen LogP) is 17.5. The normalized spacial score (nSPS) is 19.6. The monoisotopic (exact) mass is 1130 g/mol. The zero-order chi connectivity index (χ0) is 71.5. The molecule has 2 aromatic heterocycles. The fourth-order valence-electron chi connectivity index (χ4n) is 8.57. The number of benzene rings is 7. The van der Waals surface area contributed by atoms with Crippen molar-refractivity contribution in [2.45, 2.75) is 111 Å². The maximum atomic E-state index is 13.2. The Balaban J connectivity index is 0.0000120. The number of para-hydroxylation sites is 1. The van der Waals surface area contributed by atoms with Gasteiger partial charge >= 0.3 is 0 Å². The van der Waals surface area contributed by atoms with Crippen LogP contribution in [0.15, 0.2) is 164 Å². The molecular formula is C65H66N3OPt-. The van der Waals surface area contributed by atoms with Crippen molar-refractivity contribution in [2.75, 3.05) is 0 Å². The van der Waals surface area contributed by atoms with Crippen LogP contribution < -0.4 is 0 Å². The van der Waals surface area contributed by atoms with Crippen molar-refractivity contribution < 1.29 is 63.2 Å². The Labute approximate surface area is 469 Å². The standard InChI is InChI=1S/C65H66N3O.Pt/c1-13-65(11,12)50-31-32-57(53(39-50)44-23-18-15-19-24-44)68-58-26-20-25-52(59(58)67-61(68)54-40-51(63(5,6)7)41-55(60(54)69)64(8,9)10)47-35-46(42-21-16-14-17-22-42)36-48(37-47)56-38-45(33-34-66-56)43-27-29-49(30-28-43)62(2,3)4;/h14-36,38-41,69H,13H2,1-12H3;/q-1;/i2D3,3D3,4D3,5D3,6D3,7D3,8D3,9D3,10D3;. The van der Waals surface area contributed by atoms with Gasteiger partial charge in [0.05, 0.1) is 22.3 Å². The molecule has 358 valence electrons. The molecular weight excluding hydrogens is 1030 g/mol. The van der Waals surface area contributed by atoms with E-state index in [4.69, 9.17) is 47.0 Å². The summed E-state index contributed by atoms with van der Waals surface area (Å²) >= 11 is 0. The molecule has 5 heteroatoms. The molecule has 0 bridgehead atoms. The summed E-state index contributed by atoms with van der Waals surface area (Å²) in [6.07, 6.45) is 2.12. The summed E-state index contributed by atoms with van der Waals surface area (Å²) in [5.41, 5.74) is -10.6. The Bertz CT molecular complexity index is 4250. The molecule has 0 unspecified atom stereocenters. The smallest absolute Gasteiger partial charge is 0.148 e. The van der Waals surface area contributed by atoms with Crippen LogP contribution >= 0.6 is 0 Å². The largest absolute Gasteiger partial charge is 0.507 e. The van der Waals surface area contributed by atoms with Crippen molar-refractivity contribution in [1.29, 1.82) is 0 Å². The topological polar surface area (TPSA) is 50.9 Å². The fourth-order valence-corrected chi connectivity index (χ4v) is 8.57. The number of pyridine rings is 1. The predicted molar refractivity (Wildman–Crippen MR) is 291 cm³/mol. The van der Waals surface area contributed by atoms with Crippen molar-refractivity contribution >= 4 is 11.0 Å². The maximum absolute atomic E-state index is 13.2. The van der Waals surface area contributed by atoms with E-state index in [-0.39, 0.29) is 55.1 Å². The molecule has 0 amide bonds. The first-order valence-electron chi connectivity index (χ1n) is 35.8. The maximum Gasteiger partial charge on any atom is 0.148 e. The first-order chi connectivity index (χ1) is 44.0. The number of aromatic nitrogens is 3. The van der Waals surface area contributed by atoms with Gasteiger partial charge in [-0.3, -0.25) is 9.55 Å². The van der Waals surface area contributed by atoms with Crippen molar-refractivity contribution in [3.8, 4) is 78.6 Å². The molecule has 0 fully saturated rings. The van der Waals surface area contributed by atoms with E-state index < -0.39 is 117 Å². The number of nitrogens with zero attached hydrogens (tertiary/aromatic N) is 3. The van der Waals surface area contributed by atoms with Gasteiger partial charge in [0.15, 0.2) is 0 Å². The summed E-state index contributed by atoms with van der Waals surface area (Å²) in [6.45, 7) is -29.5. The molecule has 0 aliphatic rings. The van der Waals surface area contributed by atoms with Gasteiger partial charge in [-0.05, 0) is 97.4 Å². The number of hydrogen-bond acceptors (Lipinski definition) is 3. The van der Waals surface area contributed by atoms with E-state index in [0.717, 1.165) is 17.7 Å². The zero-order valence-corrected chi connectivity index (χ0v) is 40.7. The van der Waals surface area contributed by atoms with Crippen LogP contribution in [0.2, 0.25) is 0 Å². The van der Waals surface area contributed by atoms with E-state index >= 15 is 0 Å². The molecule has 0 radical (unpaired) electrons. The van der Waals surface area contributed by atoms with Crippen molar-refractivity contribution in [3.05, 3.63) is 192 Å². The summed E-state index contributed by atoms with van der Waals surface area (Å²) in [4.78, 5) is 9.90. The quantitative estimate of drug-likeness (QED) is 0.147. The first kappa shape index (κ1) is 26.2. The molecule has 9 aromatic rings. The SMILES string of the molecule is [2H]C([2H])([2H])C(c1ccc(-c2ccnc(-c3[c-]c(-c4cccc5c4nc(-c4cc(C(C([2H])([2H])[2H])(C([2H])([2H])[2H])C([2H])([2H])[2H])cc(C(C([2H])([2H])[2H])(C([2H])([2H])[2H])C([2H])([2H])[2H])c4O)n5-c4ccc(C(C)(C)CC)cc4-c4ccccc4)cc(-c4ccccc4)c3)c2)cc1)(C([2H])([2H])[2H])C([2H])([2H])[2H].[Pt]. The van der Waals surface area contributed by atoms with Crippen molar-refractivity contribution in [3.63, 3.8) is 0 Å². The zero-order valence-electron chi connectivity index (χ0n) is 65.4. The summed E-state index contributed by atoms with van der Waals surface area (Å²) in [5, 5.41) is 13.2. The Hall–Kier alpha value is -6.35. The van der Waals surface area contributed by atoms with Crippen LogP contribution in [0.5, 0.6) is 5.75 Å². The number of aromatic hydroxyl groups is 1. The second-order valence-electron chi connectivity index (χ2n) is 18.0. The number of fused-ring (bicyclic) bond motifs is 1. The van der Waals surface area contributed by atoms with Crippen LogP contribution in [0.4, 0.5) is 0 Å². The van der Waals surface area contributed by atoms with Gasteiger partial charge in [-0.2, -0.15) is 0 Å². The van der Waals surface area contributed by atoms with Gasteiger partial charge < -0.3 is 5.11 Å². The molecule has 0 spiro atoms. The molecule has 0 aliphatic carbocycles. The van der Waals surface area contributed by atoms with E-state index in [2.05, 4.69) is 6.07 Å². The fraction of sp³-hybridized carbons (Fsp3) is 0.262. The van der Waals surface area contributed by atoms with Gasteiger partial charge in [0.1, 0.15) is 11.6 Å². The molecule has 0 saturated heterocycles. The summed E-state index contributed by atoms with van der Waals surface area (Å²) in [6, 6.07) is 44.6. The summed E-state index contributed by atoms with van der Waals surface area (Å²) in [7, 11) is 0. The Morgan fingerprint density at radius 3 is 1.83 bits per heavy atom. The molecule has 2 heterocycles. The molecule has 1 N–H and O–H groups in total. The number of rotatable bonds is 9. The van der Waals surface area contributed by atoms with Gasteiger partial charge in [-0.15, -0.1) is 23.8 Å². The van der Waals surface area contributed by atoms with Gasteiger partial charge in [0, 0.05) is 81.1 Å². The molecule has 7 aromatic carbocycles. The van der Waals surface area contributed by atoms with Crippen LogP contribution in [-0.4, -0.2) is 19.6 Å². The minimum Gasteiger partial charge on any atom is -0.507 e. The van der Waals surface area contributed by atoms with E-state index in [1.54, 1.807) is 97.1 Å². The van der Waals surface area contributed by atoms with E-state index in [1.165, 1.54) is 22.9 Å². The molecule has 0 atom stereocenters. The van der Waals surface area contributed by atoms with Crippen LogP contribution in [0, 0.1) is 6.07 Å². The van der Waals surface area contributed by atoms with Crippen molar-refractivity contribution in [2.24, 2.45) is 0 Å². The Kier molecular flexibility index (Phi) is 7.15. The van der Waals surface area contributed by atoms with E-state index in [9.17, 15) is 5.11 Å². The minimum atomic E-state index is -4.22. The van der Waals surface area contributed by atoms with Crippen LogP contribution in [0.25, 0.3) is 83.9 Å². The van der Waals surface area contributed by atoms with Crippen LogP contribution in [0.1, 0.15) is 148 Å². The average molecular weight is 1130 g/mol. The van der Waals surface area contributed by atoms with Gasteiger partial charge in [-0.25, -0.2) is 4.98 Å². The number of phenolic OH excluding ortho intramolecular Hbond substituents is 1. The molecule has 0 aliphatic heterocycles. The molecule has 70 heavy (non-hydrogen) atoms. The summed E-state index contributed by atoms with van der Waals surface area (Å²) < 4.78 is 235.